The van der Waals surface area contributed by atoms with E-state index in [-0.39, 0.29) is 23.8 Å². The molecule has 0 bridgehead atoms. The molecule has 11 heteroatoms. The molecular formula is C30H27FN6O4. The van der Waals surface area contributed by atoms with Crippen LogP contribution < -0.4 is 4.74 Å². The van der Waals surface area contributed by atoms with Gasteiger partial charge in [0.1, 0.15) is 18.2 Å². The summed E-state index contributed by atoms with van der Waals surface area (Å²) in [7, 11) is 0. The van der Waals surface area contributed by atoms with Gasteiger partial charge in [0.2, 0.25) is 5.88 Å². The Morgan fingerprint density at radius 3 is 2.80 bits per heavy atom. The summed E-state index contributed by atoms with van der Waals surface area (Å²) in [6.45, 7) is 3.43. The molecule has 1 atom stereocenters. The molecule has 1 fully saturated rings. The molecule has 0 amide bonds. The molecule has 41 heavy (non-hydrogen) atoms. The van der Waals surface area contributed by atoms with Gasteiger partial charge in [-0.05, 0) is 48.7 Å². The van der Waals surface area contributed by atoms with Crippen molar-refractivity contribution < 1.29 is 23.8 Å². The van der Waals surface area contributed by atoms with Gasteiger partial charge in [0, 0.05) is 25.3 Å². The summed E-state index contributed by atoms with van der Waals surface area (Å²) in [4.78, 5) is 27.5. The molecule has 0 aliphatic carbocycles. The van der Waals surface area contributed by atoms with Gasteiger partial charge in [0.05, 0.1) is 65.5 Å². The number of carbonyl (C=O) groups is 1. The number of fused-ring (bicyclic) bond motifs is 1. The van der Waals surface area contributed by atoms with E-state index in [4.69, 9.17) is 19.7 Å². The smallest absolute Gasteiger partial charge is 0.335 e. The number of nitriles is 1. The van der Waals surface area contributed by atoms with Crippen molar-refractivity contribution in [1.82, 2.24) is 24.4 Å². The molecule has 10 nitrogen and oxygen atoms in total. The first-order valence-electron chi connectivity index (χ1n) is 13.4. The van der Waals surface area contributed by atoms with Crippen LogP contribution >= 0.6 is 0 Å². The summed E-state index contributed by atoms with van der Waals surface area (Å²) in [6, 6.07) is 11.2. The molecule has 2 aliphatic heterocycles. The summed E-state index contributed by atoms with van der Waals surface area (Å²) in [5.41, 5.74) is 4.15. The van der Waals surface area contributed by atoms with Crippen LogP contribution in [0.3, 0.4) is 0 Å². The van der Waals surface area contributed by atoms with Crippen molar-refractivity contribution in [2.45, 2.75) is 38.6 Å². The SMILES string of the molecule is N#Cc1ccc(COc2cncc(C3=CCN(Cc4nc5ccc(C(=O)O)cc5n4C[C@@H]4CCO4)CC3)n2)c(F)c1. The van der Waals surface area contributed by atoms with Crippen LogP contribution in [0.15, 0.2) is 54.9 Å². The van der Waals surface area contributed by atoms with Crippen LogP contribution in [0, 0.1) is 17.1 Å². The Labute approximate surface area is 235 Å². The lowest BCUT2D eigenvalue weighted by molar-refractivity contribution is -0.0591. The standard InChI is InChI=1S/C30H27FN6O4/c31-24-11-19(13-32)1-2-22(24)18-41-29-15-33-14-26(35-29)20-5-8-36(9-6-20)17-28-34-25-4-3-21(30(38)39)12-27(25)37(28)16-23-7-10-40-23/h1-5,11-12,14-15,23H,6-10,16-18H2,(H,38,39)/t23-/m0/s1. The number of halogens is 1. The van der Waals surface area contributed by atoms with E-state index >= 15 is 0 Å². The molecular weight excluding hydrogens is 527 g/mol. The molecule has 1 saturated heterocycles. The summed E-state index contributed by atoms with van der Waals surface area (Å²) in [5, 5.41) is 18.4. The second kappa shape index (κ2) is 11.4. The van der Waals surface area contributed by atoms with Crippen molar-refractivity contribution >= 4 is 22.6 Å². The molecule has 6 rings (SSSR count). The lowest BCUT2D eigenvalue weighted by Crippen LogP contribution is -2.33. The largest absolute Gasteiger partial charge is 0.478 e. The summed E-state index contributed by atoms with van der Waals surface area (Å²) in [5.74, 6) is -0.296. The van der Waals surface area contributed by atoms with E-state index in [0.29, 0.717) is 36.8 Å². The minimum atomic E-state index is -0.964. The van der Waals surface area contributed by atoms with E-state index in [0.717, 1.165) is 48.4 Å². The van der Waals surface area contributed by atoms with Gasteiger partial charge in [-0.2, -0.15) is 5.26 Å². The molecule has 0 spiro atoms. The van der Waals surface area contributed by atoms with Crippen LogP contribution in [0.25, 0.3) is 16.6 Å². The second-order valence-electron chi connectivity index (χ2n) is 10.1. The molecule has 0 radical (unpaired) electrons. The van der Waals surface area contributed by atoms with Gasteiger partial charge in [0.15, 0.2) is 0 Å². The monoisotopic (exact) mass is 554 g/mol. The Bertz CT molecular complexity index is 1690. The lowest BCUT2D eigenvalue weighted by atomic mass is 10.1. The number of aromatic carboxylic acids is 1. The highest BCUT2D eigenvalue weighted by Crippen LogP contribution is 2.26. The molecule has 2 aliphatic rings. The van der Waals surface area contributed by atoms with E-state index in [1.165, 1.54) is 18.3 Å². The molecule has 2 aromatic carbocycles. The van der Waals surface area contributed by atoms with Gasteiger partial charge >= 0.3 is 5.97 Å². The molecule has 0 saturated carbocycles. The number of hydrogen-bond donors (Lipinski definition) is 1. The summed E-state index contributed by atoms with van der Waals surface area (Å²) >= 11 is 0. The highest BCUT2D eigenvalue weighted by molar-refractivity contribution is 5.92. The number of hydrogen-bond acceptors (Lipinski definition) is 8. The maximum absolute atomic E-state index is 14.2. The van der Waals surface area contributed by atoms with Crippen LogP contribution in [0.1, 0.15) is 45.8 Å². The summed E-state index contributed by atoms with van der Waals surface area (Å²) < 4.78 is 27.7. The molecule has 4 heterocycles. The van der Waals surface area contributed by atoms with Crippen LogP contribution in [0.4, 0.5) is 4.39 Å². The normalized spacial score (nSPS) is 17.1. The minimum absolute atomic E-state index is 0.0244. The maximum atomic E-state index is 14.2. The van der Waals surface area contributed by atoms with Gasteiger partial charge < -0.3 is 19.1 Å². The first-order chi connectivity index (χ1) is 20.0. The zero-order valence-corrected chi connectivity index (χ0v) is 22.2. The lowest BCUT2D eigenvalue weighted by Gasteiger charge is -2.29. The minimum Gasteiger partial charge on any atom is -0.478 e. The van der Waals surface area contributed by atoms with Crippen molar-refractivity contribution in [2.75, 3.05) is 19.7 Å². The zero-order valence-electron chi connectivity index (χ0n) is 22.2. The Hall–Kier alpha value is -4.66. The number of rotatable bonds is 9. The Balaban J connectivity index is 1.14. The second-order valence-corrected chi connectivity index (χ2v) is 10.1. The third kappa shape index (κ3) is 5.79. The zero-order chi connectivity index (χ0) is 28.3. The van der Waals surface area contributed by atoms with Crippen molar-refractivity contribution in [3.8, 4) is 11.9 Å². The first-order valence-corrected chi connectivity index (χ1v) is 13.4. The maximum Gasteiger partial charge on any atom is 0.335 e. The number of carboxylic acids is 1. The Kier molecular flexibility index (Phi) is 7.41. The molecule has 2 aromatic heterocycles. The Morgan fingerprint density at radius 1 is 1.22 bits per heavy atom. The number of ether oxygens (including phenoxy) is 2. The van der Waals surface area contributed by atoms with E-state index in [1.54, 1.807) is 30.5 Å². The average molecular weight is 555 g/mol. The van der Waals surface area contributed by atoms with Gasteiger partial charge in [-0.25, -0.2) is 19.2 Å². The van der Waals surface area contributed by atoms with Crippen molar-refractivity contribution in [3.63, 3.8) is 0 Å². The Morgan fingerprint density at radius 2 is 2.10 bits per heavy atom. The fourth-order valence-electron chi connectivity index (χ4n) is 5.01. The fourth-order valence-corrected chi connectivity index (χ4v) is 5.01. The van der Waals surface area contributed by atoms with E-state index in [9.17, 15) is 14.3 Å². The van der Waals surface area contributed by atoms with Gasteiger partial charge in [-0.15, -0.1) is 0 Å². The summed E-state index contributed by atoms with van der Waals surface area (Å²) in [6.07, 6.45) is 7.12. The van der Waals surface area contributed by atoms with Gasteiger partial charge in [0.25, 0.3) is 0 Å². The highest BCUT2D eigenvalue weighted by atomic mass is 19.1. The molecule has 0 unspecified atom stereocenters. The number of imidazole rings is 1. The van der Waals surface area contributed by atoms with E-state index < -0.39 is 11.8 Å². The number of carboxylic acid groups (broad SMARTS) is 1. The predicted octanol–water partition coefficient (Wildman–Crippen LogP) is 4.19. The van der Waals surface area contributed by atoms with Gasteiger partial charge in [-0.3, -0.25) is 9.88 Å². The van der Waals surface area contributed by atoms with Crippen LogP contribution in [0.5, 0.6) is 5.88 Å². The van der Waals surface area contributed by atoms with Crippen molar-refractivity contribution in [2.24, 2.45) is 0 Å². The first kappa shape index (κ1) is 26.6. The topological polar surface area (TPSA) is 126 Å². The predicted molar refractivity (Wildman–Crippen MR) is 146 cm³/mol. The number of nitrogens with zero attached hydrogens (tertiary/aromatic N) is 6. The number of benzene rings is 2. The van der Waals surface area contributed by atoms with Crippen molar-refractivity contribution in [3.05, 3.63) is 88.9 Å². The van der Waals surface area contributed by atoms with E-state index in [2.05, 4.69) is 25.5 Å². The third-order valence-corrected chi connectivity index (χ3v) is 7.41. The third-order valence-electron chi connectivity index (χ3n) is 7.41. The molecule has 1 N–H and O–H groups in total. The molecule has 4 aromatic rings. The van der Waals surface area contributed by atoms with Crippen LogP contribution in [0.2, 0.25) is 0 Å². The fraction of sp³-hybridized carbons (Fsp3) is 0.300. The van der Waals surface area contributed by atoms with Crippen molar-refractivity contribution in [1.29, 1.82) is 5.26 Å². The molecule has 208 valence electrons. The average Bonchev–Trinajstić information content (AvgIpc) is 3.30. The van der Waals surface area contributed by atoms with Crippen LogP contribution in [-0.2, 0) is 24.4 Å². The highest BCUT2D eigenvalue weighted by Gasteiger charge is 2.24. The van der Waals surface area contributed by atoms with Crippen LogP contribution in [-0.4, -0.2) is 61.3 Å². The number of aromatic nitrogens is 4. The van der Waals surface area contributed by atoms with E-state index in [1.807, 2.05) is 6.07 Å². The quantitative estimate of drug-likeness (QED) is 0.324. The van der Waals surface area contributed by atoms with Gasteiger partial charge in [-0.1, -0.05) is 12.1 Å².